The summed E-state index contributed by atoms with van der Waals surface area (Å²) in [6.45, 7) is 1.32. The zero-order valence-corrected chi connectivity index (χ0v) is 12.0. The summed E-state index contributed by atoms with van der Waals surface area (Å²) in [7, 11) is 0. The smallest absolute Gasteiger partial charge is 0.242 e. The quantitative estimate of drug-likeness (QED) is 0.892. The van der Waals surface area contributed by atoms with Gasteiger partial charge in [0.2, 0.25) is 11.8 Å². The largest absolute Gasteiger partial charge is 0.394 e. The topological polar surface area (TPSA) is 60.9 Å². The van der Waals surface area contributed by atoms with Crippen molar-refractivity contribution in [3.63, 3.8) is 0 Å². The minimum absolute atomic E-state index is 0.0568. The average Bonchev–Trinajstić information content (AvgIpc) is 2.91. The van der Waals surface area contributed by atoms with Crippen molar-refractivity contribution in [3.8, 4) is 0 Å². The van der Waals surface area contributed by atoms with Crippen LogP contribution < -0.4 is 0 Å². The van der Waals surface area contributed by atoms with Crippen LogP contribution >= 0.6 is 0 Å². The van der Waals surface area contributed by atoms with Crippen molar-refractivity contribution in [1.29, 1.82) is 0 Å². The van der Waals surface area contributed by atoms with Gasteiger partial charge in [-0.3, -0.25) is 9.59 Å². The molecule has 1 saturated heterocycles. The molecule has 1 fully saturated rings. The van der Waals surface area contributed by atoms with Gasteiger partial charge in [-0.25, -0.2) is 0 Å². The summed E-state index contributed by atoms with van der Waals surface area (Å²) in [5, 5.41) is 9.70. The second-order valence-electron chi connectivity index (χ2n) is 5.65. The summed E-state index contributed by atoms with van der Waals surface area (Å²) < 4.78 is 0. The molecule has 2 aliphatic rings. The Kier molecular flexibility index (Phi) is 3.92. The molecule has 2 heterocycles. The first-order valence-corrected chi connectivity index (χ1v) is 7.46. The van der Waals surface area contributed by atoms with Crippen LogP contribution in [0, 0.1) is 0 Å². The molecule has 112 valence electrons. The highest BCUT2D eigenvalue weighted by Gasteiger charge is 2.32. The molecular weight excluding hydrogens is 268 g/mol. The SMILES string of the molecule is O=C1CCCN1CC(=O)N1CCc2ccccc2[C@H]1CO. The molecule has 5 nitrogen and oxygen atoms in total. The zero-order valence-electron chi connectivity index (χ0n) is 12.0. The fraction of sp³-hybridized carbons (Fsp3) is 0.500. The summed E-state index contributed by atoms with van der Waals surface area (Å²) in [5.41, 5.74) is 2.21. The normalized spacial score (nSPS) is 21.6. The van der Waals surface area contributed by atoms with E-state index in [1.807, 2.05) is 24.3 Å². The van der Waals surface area contributed by atoms with E-state index in [4.69, 9.17) is 0 Å². The van der Waals surface area contributed by atoms with Gasteiger partial charge in [0.15, 0.2) is 0 Å². The van der Waals surface area contributed by atoms with Crippen LogP contribution in [0.4, 0.5) is 0 Å². The second-order valence-corrected chi connectivity index (χ2v) is 5.65. The fourth-order valence-electron chi connectivity index (χ4n) is 3.27. The number of rotatable bonds is 3. The number of hydrogen-bond acceptors (Lipinski definition) is 3. The van der Waals surface area contributed by atoms with Crippen molar-refractivity contribution in [2.75, 3.05) is 26.2 Å². The molecule has 0 aliphatic carbocycles. The number of likely N-dealkylation sites (tertiary alicyclic amines) is 1. The number of carbonyl (C=O) groups is 2. The lowest BCUT2D eigenvalue weighted by molar-refractivity contribution is -0.141. The van der Waals surface area contributed by atoms with Crippen LogP contribution in [0.5, 0.6) is 0 Å². The van der Waals surface area contributed by atoms with Crippen molar-refractivity contribution in [2.24, 2.45) is 0 Å². The lowest BCUT2D eigenvalue weighted by Gasteiger charge is -2.37. The predicted molar refractivity (Wildman–Crippen MR) is 77.5 cm³/mol. The molecule has 3 rings (SSSR count). The molecule has 0 saturated carbocycles. The highest BCUT2D eigenvalue weighted by atomic mass is 16.3. The van der Waals surface area contributed by atoms with Crippen LogP contribution in [0.3, 0.4) is 0 Å². The molecule has 1 N–H and O–H groups in total. The molecule has 1 atom stereocenters. The third-order valence-electron chi connectivity index (χ3n) is 4.40. The molecule has 0 aromatic heterocycles. The Morgan fingerprint density at radius 3 is 2.76 bits per heavy atom. The Morgan fingerprint density at radius 2 is 2.05 bits per heavy atom. The van der Waals surface area contributed by atoms with Crippen LogP contribution in [-0.2, 0) is 16.0 Å². The number of aliphatic hydroxyl groups is 1. The molecule has 2 aliphatic heterocycles. The van der Waals surface area contributed by atoms with Crippen molar-refractivity contribution >= 4 is 11.8 Å². The molecule has 2 amide bonds. The summed E-state index contributed by atoms with van der Waals surface area (Å²) in [6.07, 6.45) is 2.17. The van der Waals surface area contributed by atoms with Gasteiger partial charge in [0.25, 0.3) is 0 Å². The van der Waals surface area contributed by atoms with Gasteiger partial charge in [-0.2, -0.15) is 0 Å². The number of fused-ring (bicyclic) bond motifs is 1. The standard InChI is InChI=1S/C16H20N2O3/c19-11-14-13-5-2-1-4-12(13)7-9-18(14)16(21)10-17-8-3-6-15(17)20/h1-2,4-5,14,19H,3,6-11H2/t14-/m1/s1. The van der Waals surface area contributed by atoms with Gasteiger partial charge < -0.3 is 14.9 Å². The van der Waals surface area contributed by atoms with Crippen molar-refractivity contribution < 1.29 is 14.7 Å². The molecule has 0 radical (unpaired) electrons. The highest BCUT2D eigenvalue weighted by molar-refractivity contribution is 5.86. The van der Waals surface area contributed by atoms with Gasteiger partial charge in [0, 0.05) is 19.5 Å². The molecule has 1 aromatic rings. The van der Waals surface area contributed by atoms with E-state index in [1.165, 1.54) is 5.56 Å². The number of aliphatic hydroxyl groups excluding tert-OH is 1. The molecule has 0 bridgehead atoms. The number of nitrogens with zero attached hydrogens (tertiary/aromatic N) is 2. The van der Waals surface area contributed by atoms with E-state index >= 15 is 0 Å². The first kappa shape index (κ1) is 14.1. The van der Waals surface area contributed by atoms with Gasteiger partial charge in [0.1, 0.15) is 0 Å². The Bertz CT molecular complexity index is 558. The average molecular weight is 288 g/mol. The molecule has 5 heteroatoms. The van der Waals surface area contributed by atoms with E-state index in [2.05, 4.69) is 0 Å². The Balaban J connectivity index is 1.76. The number of benzene rings is 1. The van der Waals surface area contributed by atoms with Crippen LogP contribution in [0.25, 0.3) is 0 Å². The molecular formula is C16H20N2O3. The third-order valence-corrected chi connectivity index (χ3v) is 4.40. The monoisotopic (exact) mass is 288 g/mol. The van der Waals surface area contributed by atoms with E-state index in [-0.39, 0.29) is 31.0 Å². The third kappa shape index (κ3) is 2.65. The first-order chi connectivity index (χ1) is 10.2. The molecule has 21 heavy (non-hydrogen) atoms. The van der Waals surface area contributed by atoms with E-state index in [0.717, 1.165) is 18.4 Å². The second kappa shape index (κ2) is 5.85. The maximum absolute atomic E-state index is 12.5. The Labute approximate surface area is 124 Å². The highest BCUT2D eigenvalue weighted by Crippen LogP contribution is 2.29. The van der Waals surface area contributed by atoms with Crippen LogP contribution in [0.1, 0.15) is 30.0 Å². The van der Waals surface area contributed by atoms with E-state index in [1.54, 1.807) is 9.80 Å². The van der Waals surface area contributed by atoms with Gasteiger partial charge in [0.05, 0.1) is 19.2 Å². The number of amides is 2. The molecule has 0 spiro atoms. The predicted octanol–water partition coefficient (Wildman–Crippen LogP) is 0.727. The lowest BCUT2D eigenvalue weighted by Crippen LogP contribution is -2.46. The Morgan fingerprint density at radius 1 is 1.24 bits per heavy atom. The van der Waals surface area contributed by atoms with Crippen LogP contribution in [-0.4, -0.2) is 53.0 Å². The number of carbonyl (C=O) groups excluding carboxylic acids is 2. The van der Waals surface area contributed by atoms with Crippen LogP contribution in [0.2, 0.25) is 0 Å². The van der Waals surface area contributed by atoms with Crippen LogP contribution in [0.15, 0.2) is 24.3 Å². The van der Waals surface area contributed by atoms with Gasteiger partial charge in [-0.1, -0.05) is 24.3 Å². The summed E-state index contributed by atoms with van der Waals surface area (Å²) in [4.78, 5) is 27.5. The zero-order chi connectivity index (χ0) is 14.8. The van der Waals surface area contributed by atoms with E-state index < -0.39 is 0 Å². The molecule has 0 unspecified atom stereocenters. The van der Waals surface area contributed by atoms with E-state index in [0.29, 0.717) is 19.5 Å². The minimum atomic E-state index is -0.292. The first-order valence-electron chi connectivity index (χ1n) is 7.46. The van der Waals surface area contributed by atoms with Gasteiger partial charge in [-0.15, -0.1) is 0 Å². The number of hydrogen-bond donors (Lipinski definition) is 1. The summed E-state index contributed by atoms with van der Waals surface area (Å²) in [5.74, 6) is -0.0138. The minimum Gasteiger partial charge on any atom is -0.394 e. The maximum atomic E-state index is 12.5. The van der Waals surface area contributed by atoms with E-state index in [9.17, 15) is 14.7 Å². The fourth-order valence-corrected chi connectivity index (χ4v) is 3.27. The van der Waals surface area contributed by atoms with Crippen molar-refractivity contribution in [3.05, 3.63) is 35.4 Å². The summed E-state index contributed by atoms with van der Waals surface area (Å²) in [6, 6.07) is 7.63. The maximum Gasteiger partial charge on any atom is 0.242 e. The lowest BCUT2D eigenvalue weighted by atomic mass is 9.93. The summed E-state index contributed by atoms with van der Waals surface area (Å²) >= 11 is 0. The van der Waals surface area contributed by atoms with Gasteiger partial charge in [-0.05, 0) is 24.0 Å². The van der Waals surface area contributed by atoms with Crippen molar-refractivity contribution in [2.45, 2.75) is 25.3 Å². The molecule has 1 aromatic carbocycles. The van der Waals surface area contributed by atoms with Crippen molar-refractivity contribution in [1.82, 2.24) is 9.80 Å². The van der Waals surface area contributed by atoms with Gasteiger partial charge >= 0.3 is 0 Å². The Hall–Kier alpha value is -1.88.